The minimum absolute atomic E-state index is 0.299. The average molecular weight is 503 g/mol. The van der Waals surface area contributed by atoms with Crippen LogP contribution < -0.4 is 15.4 Å². The third kappa shape index (κ3) is 9.45. The molecule has 0 fully saturated rings. The summed E-state index contributed by atoms with van der Waals surface area (Å²) in [4.78, 5) is 0. The fraction of sp³-hybridized carbons (Fsp3) is 0.375. The Morgan fingerprint density at radius 1 is 0.622 bits per heavy atom. The molecule has 4 aromatic rings. The number of nitrogens with one attached hydrogen (secondary N) is 2. The quantitative estimate of drug-likeness (QED) is 0.223. The third-order valence-corrected chi connectivity index (χ3v) is 6.04. The van der Waals surface area contributed by atoms with Crippen LogP contribution in [0.3, 0.4) is 0 Å². The molecule has 2 unspecified atom stereocenters. The minimum atomic E-state index is -0.499. The number of hydrogen-bond donors (Lipinski definition) is 4. The Labute approximate surface area is 221 Å². The van der Waals surface area contributed by atoms with Gasteiger partial charge in [-0.05, 0) is 27.8 Å². The fourth-order valence-corrected chi connectivity index (χ4v) is 4.11. The van der Waals surface area contributed by atoms with Crippen molar-refractivity contribution in [2.75, 3.05) is 19.7 Å². The van der Waals surface area contributed by atoms with E-state index in [1.165, 1.54) is 16.3 Å². The first-order chi connectivity index (χ1) is 17.8. The maximum Gasteiger partial charge on any atom is 0.127 e. The van der Waals surface area contributed by atoms with Gasteiger partial charge in [0, 0.05) is 37.0 Å². The fourth-order valence-electron chi connectivity index (χ4n) is 4.11. The summed E-state index contributed by atoms with van der Waals surface area (Å²) in [5.41, 5.74) is 1.21. The molecule has 37 heavy (non-hydrogen) atoms. The van der Waals surface area contributed by atoms with Gasteiger partial charge in [0.05, 0.1) is 6.10 Å². The number of aliphatic hydroxyl groups is 2. The molecule has 0 amide bonds. The Morgan fingerprint density at radius 2 is 1.14 bits per heavy atom. The van der Waals surface area contributed by atoms with Gasteiger partial charge in [0.1, 0.15) is 18.5 Å². The first kappa shape index (κ1) is 28.6. The molecule has 4 N–H and O–H groups in total. The van der Waals surface area contributed by atoms with E-state index in [4.69, 9.17) is 4.74 Å². The molecular weight excluding hydrogens is 460 g/mol. The molecule has 198 valence electrons. The number of hydrogen-bond acceptors (Lipinski definition) is 5. The second-order valence-electron chi connectivity index (χ2n) is 10.1. The summed E-state index contributed by atoms with van der Waals surface area (Å²) in [6.45, 7) is 9.77. The second-order valence-corrected chi connectivity index (χ2v) is 10.1. The molecule has 0 saturated carbocycles. The zero-order chi connectivity index (χ0) is 26.6. The maximum absolute atomic E-state index is 10.0. The van der Waals surface area contributed by atoms with Gasteiger partial charge < -0.3 is 25.6 Å². The third-order valence-electron chi connectivity index (χ3n) is 6.04. The van der Waals surface area contributed by atoms with E-state index in [1.54, 1.807) is 0 Å². The number of aliphatic hydroxyl groups excluding tert-OH is 2. The Balaban J connectivity index is 0.000000206. The van der Waals surface area contributed by atoms with Gasteiger partial charge in [0.15, 0.2) is 0 Å². The molecule has 0 bridgehead atoms. The lowest BCUT2D eigenvalue weighted by atomic mass is 10.00. The van der Waals surface area contributed by atoms with Gasteiger partial charge in [0.2, 0.25) is 0 Å². The van der Waals surface area contributed by atoms with Crippen molar-refractivity contribution >= 4 is 21.5 Å². The highest BCUT2D eigenvalue weighted by molar-refractivity contribution is 5.88. The Kier molecular flexibility index (Phi) is 11.4. The molecule has 0 aliphatic carbocycles. The van der Waals surface area contributed by atoms with E-state index >= 15 is 0 Å². The molecule has 0 saturated heterocycles. The van der Waals surface area contributed by atoms with E-state index in [1.807, 2.05) is 42.5 Å². The van der Waals surface area contributed by atoms with Crippen LogP contribution in [0.25, 0.3) is 21.5 Å². The molecule has 0 aromatic heterocycles. The van der Waals surface area contributed by atoms with Crippen molar-refractivity contribution in [3.8, 4) is 5.75 Å². The van der Waals surface area contributed by atoms with Gasteiger partial charge in [-0.2, -0.15) is 0 Å². The van der Waals surface area contributed by atoms with Gasteiger partial charge in [0.25, 0.3) is 0 Å². The first-order valence-electron chi connectivity index (χ1n) is 13.2. The van der Waals surface area contributed by atoms with Gasteiger partial charge >= 0.3 is 0 Å². The van der Waals surface area contributed by atoms with Gasteiger partial charge in [-0.1, -0.05) is 107 Å². The van der Waals surface area contributed by atoms with Crippen LogP contribution >= 0.6 is 0 Å². The van der Waals surface area contributed by atoms with Crippen molar-refractivity contribution in [3.63, 3.8) is 0 Å². The summed E-state index contributed by atoms with van der Waals surface area (Å²) in [6, 6.07) is 29.4. The van der Waals surface area contributed by atoms with E-state index < -0.39 is 6.10 Å². The molecule has 4 rings (SSSR count). The van der Waals surface area contributed by atoms with Crippen molar-refractivity contribution in [2.45, 2.75) is 58.4 Å². The van der Waals surface area contributed by atoms with Gasteiger partial charge in [-0.15, -0.1) is 0 Å². The monoisotopic (exact) mass is 502 g/mol. The van der Waals surface area contributed by atoms with E-state index in [0.717, 1.165) is 16.5 Å². The average Bonchev–Trinajstić information content (AvgIpc) is 2.90. The summed E-state index contributed by atoms with van der Waals surface area (Å²) in [6.07, 6.45) is -0.138. The van der Waals surface area contributed by atoms with Crippen LogP contribution in [0.5, 0.6) is 5.75 Å². The summed E-state index contributed by atoms with van der Waals surface area (Å²) in [5, 5.41) is 31.0. The number of fused-ring (bicyclic) bond motifs is 2. The van der Waals surface area contributed by atoms with Crippen molar-refractivity contribution in [1.82, 2.24) is 10.6 Å². The Hall–Kier alpha value is -2.96. The minimum Gasteiger partial charge on any atom is -0.490 e. The molecule has 0 aliphatic heterocycles. The van der Waals surface area contributed by atoms with Gasteiger partial charge in [-0.3, -0.25) is 0 Å². The molecular formula is C32H42N2O3. The van der Waals surface area contributed by atoms with Crippen LogP contribution in [-0.2, 0) is 6.42 Å². The number of rotatable bonds is 11. The van der Waals surface area contributed by atoms with Crippen molar-refractivity contribution < 1.29 is 14.9 Å². The zero-order valence-corrected chi connectivity index (χ0v) is 22.5. The molecule has 5 nitrogen and oxygen atoms in total. The summed E-state index contributed by atoms with van der Waals surface area (Å²) >= 11 is 0. The molecule has 0 radical (unpaired) electrons. The highest BCUT2D eigenvalue weighted by Gasteiger charge is 2.09. The predicted octanol–water partition coefficient (Wildman–Crippen LogP) is 5.32. The second kappa shape index (κ2) is 14.7. The maximum atomic E-state index is 10.0. The summed E-state index contributed by atoms with van der Waals surface area (Å²) in [5.74, 6) is 0.821. The largest absolute Gasteiger partial charge is 0.490 e. The van der Waals surface area contributed by atoms with Crippen LogP contribution in [0.2, 0.25) is 0 Å². The number of benzene rings is 4. The molecule has 0 aliphatic rings. The van der Waals surface area contributed by atoms with Crippen LogP contribution in [0.15, 0.2) is 84.9 Å². The van der Waals surface area contributed by atoms with Crippen molar-refractivity contribution in [3.05, 3.63) is 90.5 Å². The van der Waals surface area contributed by atoms with Crippen LogP contribution in [0.1, 0.15) is 33.3 Å². The van der Waals surface area contributed by atoms with Crippen LogP contribution in [0.4, 0.5) is 0 Å². The number of ether oxygens (including phenoxy) is 1. The summed E-state index contributed by atoms with van der Waals surface area (Å²) in [7, 11) is 0. The van der Waals surface area contributed by atoms with Gasteiger partial charge in [-0.25, -0.2) is 0 Å². The first-order valence-corrected chi connectivity index (χ1v) is 13.2. The van der Waals surface area contributed by atoms with Crippen LogP contribution in [-0.4, -0.2) is 54.2 Å². The highest BCUT2D eigenvalue weighted by atomic mass is 16.5. The Morgan fingerprint density at radius 3 is 1.78 bits per heavy atom. The van der Waals surface area contributed by atoms with E-state index in [9.17, 15) is 10.2 Å². The molecule has 4 aromatic carbocycles. The lowest BCUT2D eigenvalue weighted by Crippen LogP contribution is -2.35. The summed E-state index contributed by atoms with van der Waals surface area (Å²) < 4.78 is 5.72. The van der Waals surface area contributed by atoms with Crippen molar-refractivity contribution in [1.29, 1.82) is 0 Å². The lowest BCUT2D eigenvalue weighted by molar-refractivity contribution is 0.105. The topological polar surface area (TPSA) is 73.8 Å². The highest BCUT2D eigenvalue weighted by Crippen LogP contribution is 2.25. The predicted molar refractivity (Wildman–Crippen MR) is 155 cm³/mol. The molecule has 2 atom stereocenters. The van der Waals surface area contributed by atoms with Crippen LogP contribution in [0, 0.1) is 0 Å². The van der Waals surface area contributed by atoms with E-state index in [2.05, 4.69) is 80.8 Å². The standard InChI is InChI=1S/C16H21NO2.C16H21NO/c1-12(2)17-10-14(18)11-19-16-9-5-7-13-6-3-4-8-15(13)16;1-12(2)17-11-15(18)10-14-8-5-7-13-6-3-4-9-16(13)14/h3-9,12,14,17-18H,10-11H2,1-2H3;3-9,12,15,17-18H,10-11H2,1-2H3. The molecule has 5 heteroatoms. The molecule has 0 heterocycles. The lowest BCUT2D eigenvalue weighted by Gasteiger charge is -2.15. The van der Waals surface area contributed by atoms with Crippen molar-refractivity contribution in [2.24, 2.45) is 0 Å². The zero-order valence-electron chi connectivity index (χ0n) is 22.5. The van der Waals surface area contributed by atoms with E-state index in [0.29, 0.717) is 38.2 Å². The van der Waals surface area contributed by atoms with E-state index in [-0.39, 0.29) is 6.10 Å². The Bertz CT molecular complexity index is 1210. The normalized spacial score (nSPS) is 13.0. The smallest absolute Gasteiger partial charge is 0.127 e. The molecule has 0 spiro atoms. The SMILES string of the molecule is CC(C)NCC(O)COc1cccc2ccccc12.CC(C)NCC(O)Cc1cccc2ccccc12.